The lowest BCUT2D eigenvalue weighted by Gasteiger charge is -2.25. The number of likely N-dealkylation sites (N-methyl/N-ethyl adjacent to an activating group) is 1. The van der Waals surface area contributed by atoms with Gasteiger partial charge in [0.1, 0.15) is 0 Å². The van der Waals surface area contributed by atoms with Crippen molar-refractivity contribution in [3.05, 3.63) is 0 Å². The maximum atomic E-state index is 11.8. The number of likely N-dealkylation sites (tertiary alicyclic amines) is 1. The Labute approximate surface area is 109 Å². The van der Waals surface area contributed by atoms with E-state index in [1.165, 1.54) is 19.4 Å². The third-order valence-corrected chi connectivity index (χ3v) is 3.86. The van der Waals surface area contributed by atoms with Crippen LogP contribution in [-0.2, 0) is 9.53 Å². The highest BCUT2D eigenvalue weighted by Crippen LogP contribution is 2.15. The van der Waals surface area contributed by atoms with Crippen LogP contribution >= 0.6 is 0 Å². The monoisotopic (exact) mass is 255 g/mol. The molecule has 2 unspecified atom stereocenters. The fraction of sp³-hybridized carbons (Fsp3) is 0.923. The minimum absolute atomic E-state index is 0.0459. The number of carbonyl (C=O) groups is 1. The summed E-state index contributed by atoms with van der Waals surface area (Å²) in [6, 6.07) is 0.532. The Morgan fingerprint density at radius 1 is 1.56 bits per heavy atom. The van der Waals surface area contributed by atoms with Crippen molar-refractivity contribution in [3.63, 3.8) is 0 Å². The summed E-state index contributed by atoms with van der Waals surface area (Å²) >= 11 is 0. The molecule has 1 amide bonds. The average Bonchev–Trinajstić information content (AvgIpc) is 2.85. The molecule has 2 aliphatic heterocycles. The number of nitrogens with one attached hydrogen (secondary N) is 2. The van der Waals surface area contributed by atoms with Crippen LogP contribution in [0.3, 0.4) is 0 Å². The molecule has 2 heterocycles. The van der Waals surface area contributed by atoms with Gasteiger partial charge < -0.3 is 15.4 Å². The summed E-state index contributed by atoms with van der Waals surface area (Å²) in [5.74, 6) is 0.117. The summed E-state index contributed by atoms with van der Waals surface area (Å²) in [5, 5.41) is 6.29. The van der Waals surface area contributed by atoms with Gasteiger partial charge in [0.25, 0.3) is 0 Å². The molecule has 0 spiro atoms. The van der Waals surface area contributed by atoms with E-state index in [1.807, 2.05) is 0 Å². The van der Waals surface area contributed by atoms with Crippen LogP contribution in [0.1, 0.15) is 26.2 Å². The second-order valence-electron chi connectivity index (χ2n) is 5.13. The standard InChI is InChI=1S/C13H25N3O2/c1-2-16-6-3-4-11(16)9-15-13(17)8-12-10-14-5-7-18-12/h11-12,14H,2-10H2,1H3,(H,15,17). The summed E-state index contributed by atoms with van der Waals surface area (Å²) in [7, 11) is 0. The lowest BCUT2D eigenvalue weighted by Crippen LogP contribution is -2.44. The van der Waals surface area contributed by atoms with Gasteiger partial charge in [-0.3, -0.25) is 9.69 Å². The summed E-state index contributed by atoms with van der Waals surface area (Å²) in [6.07, 6.45) is 2.98. The largest absolute Gasteiger partial charge is 0.375 e. The first-order chi connectivity index (χ1) is 8.79. The summed E-state index contributed by atoms with van der Waals surface area (Å²) in [6.45, 7) is 7.62. The Kier molecular flexibility index (Phi) is 5.41. The van der Waals surface area contributed by atoms with Crippen LogP contribution in [0.4, 0.5) is 0 Å². The molecule has 2 saturated heterocycles. The first kappa shape index (κ1) is 13.8. The van der Waals surface area contributed by atoms with Crippen molar-refractivity contribution in [1.29, 1.82) is 0 Å². The summed E-state index contributed by atoms with van der Waals surface area (Å²) in [4.78, 5) is 14.3. The lowest BCUT2D eigenvalue weighted by atomic mass is 10.2. The molecule has 5 heteroatoms. The van der Waals surface area contributed by atoms with Gasteiger partial charge in [-0.05, 0) is 25.9 Å². The van der Waals surface area contributed by atoms with E-state index < -0.39 is 0 Å². The highest BCUT2D eigenvalue weighted by atomic mass is 16.5. The summed E-state index contributed by atoms with van der Waals surface area (Å²) in [5.41, 5.74) is 0. The molecule has 0 aromatic rings. The number of amides is 1. The molecule has 2 fully saturated rings. The second kappa shape index (κ2) is 7.07. The predicted molar refractivity (Wildman–Crippen MR) is 70.5 cm³/mol. The van der Waals surface area contributed by atoms with Crippen LogP contribution in [0, 0.1) is 0 Å². The van der Waals surface area contributed by atoms with Gasteiger partial charge in [0, 0.05) is 25.7 Å². The highest BCUT2D eigenvalue weighted by molar-refractivity contribution is 5.76. The molecule has 104 valence electrons. The van der Waals surface area contributed by atoms with Crippen molar-refractivity contribution in [2.24, 2.45) is 0 Å². The fourth-order valence-corrected chi connectivity index (χ4v) is 2.80. The van der Waals surface area contributed by atoms with E-state index >= 15 is 0 Å². The van der Waals surface area contributed by atoms with Crippen LogP contribution in [0.25, 0.3) is 0 Å². The topological polar surface area (TPSA) is 53.6 Å². The van der Waals surface area contributed by atoms with E-state index in [0.717, 1.165) is 26.2 Å². The van der Waals surface area contributed by atoms with Gasteiger partial charge in [-0.15, -0.1) is 0 Å². The molecule has 0 aliphatic carbocycles. The number of hydrogen-bond acceptors (Lipinski definition) is 4. The van der Waals surface area contributed by atoms with Gasteiger partial charge in [-0.25, -0.2) is 0 Å². The van der Waals surface area contributed by atoms with Gasteiger partial charge in [-0.1, -0.05) is 6.92 Å². The van der Waals surface area contributed by atoms with Gasteiger partial charge in [0.05, 0.1) is 19.1 Å². The zero-order valence-electron chi connectivity index (χ0n) is 11.3. The quantitative estimate of drug-likeness (QED) is 0.724. The molecule has 2 N–H and O–H groups in total. The van der Waals surface area contributed by atoms with Crippen LogP contribution in [0.2, 0.25) is 0 Å². The van der Waals surface area contributed by atoms with Crippen molar-refractivity contribution >= 4 is 5.91 Å². The zero-order chi connectivity index (χ0) is 12.8. The molecule has 2 atom stereocenters. The first-order valence-electron chi connectivity index (χ1n) is 7.12. The Hall–Kier alpha value is -0.650. The number of nitrogens with zero attached hydrogens (tertiary/aromatic N) is 1. The van der Waals surface area contributed by atoms with E-state index in [2.05, 4.69) is 22.5 Å². The molecule has 18 heavy (non-hydrogen) atoms. The molecule has 0 radical (unpaired) electrons. The Bertz CT molecular complexity index is 267. The average molecular weight is 255 g/mol. The predicted octanol–water partition coefficient (Wildman–Crippen LogP) is -0.0346. The van der Waals surface area contributed by atoms with Crippen molar-refractivity contribution in [3.8, 4) is 0 Å². The summed E-state index contributed by atoms with van der Waals surface area (Å²) < 4.78 is 5.53. The molecule has 2 rings (SSSR count). The van der Waals surface area contributed by atoms with Crippen molar-refractivity contribution in [2.45, 2.75) is 38.3 Å². The van der Waals surface area contributed by atoms with E-state index in [-0.39, 0.29) is 12.0 Å². The van der Waals surface area contributed by atoms with E-state index in [0.29, 0.717) is 19.1 Å². The molecule has 0 bridgehead atoms. The van der Waals surface area contributed by atoms with Gasteiger partial charge >= 0.3 is 0 Å². The van der Waals surface area contributed by atoms with Crippen LogP contribution in [-0.4, -0.2) is 62.3 Å². The van der Waals surface area contributed by atoms with Gasteiger partial charge in [-0.2, -0.15) is 0 Å². The van der Waals surface area contributed by atoms with Crippen molar-refractivity contribution in [2.75, 3.05) is 39.3 Å². The zero-order valence-corrected chi connectivity index (χ0v) is 11.3. The Morgan fingerprint density at radius 3 is 3.17 bits per heavy atom. The molecular formula is C13H25N3O2. The molecule has 0 aromatic carbocycles. The number of morpholine rings is 1. The van der Waals surface area contributed by atoms with Crippen LogP contribution in [0.5, 0.6) is 0 Å². The smallest absolute Gasteiger partial charge is 0.222 e. The molecule has 2 aliphatic rings. The molecule has 0 saturated carbocycles. The third-order valence-electron chi connectivity index (χ3n) is 3.86. The third kappa shape index (κ3) is 3.93. The maximum Gasteiger partial charge on any atom is 0.222 e. The number of hydrogen-bond donors (Lipinski definition) is 2. The van der Waals surface area contributed by atoms with Crippen molar-refractivity contribution < 1.29 is 9.53 Å². The molecule has 0 aromatic heterocycles. The molecule has 5 nitrogen and oxygen atoms in total. The normalized spacial score (nSPS) is 29.4. The SMILES string of the molecule is CCN1CCCC1CNC(=O)CC1CNCCO1. The number of rotatable bonds is 5. The Balaban J connectivity index is 1.64. The van der Waals surface area contributed by atoms with E-state index in [1.54, 1.807) is 0 Å². The first-order valence-corrected chi connectivity index (χ1v) is 7.12. The highest BCUT2D eigenvalue weighted by Gasteiger charge is 2.24. The number of ether oxygens (including phenoxy) is 1. The molecular weight excluding hydrogens is 230 g/mol. The van der Waals surface area contributed by atoms with Crippen LogP contribution in [0.15, 0.2) is 0 Å². The van der Waals surface area contributed by atoms with Gasteiger partial charge in [0.2, 0.25) is 5.91 Å². The minimum atomic E-state index is 0.0459. The van der Waals surface area contributed by atoms with Crippen molar-refractivity contribution in [1.82, 2.24) is 15.5 Å². The maximum absolute atomic E-state index is 11.8. The lowest BCUT2D eigenvalue weighted by molar-refractivity contribution is -0.124. The van der Waals surface area contributed by atoms with Gasteiger partial charge in [0.15, 0.2) is 0 Å². The van der Waals surface area contributed by atoms with E-state index in [4.69, 9.17) is 4.74 Å². The Morgan fingerprint density at radius 2 is 2.44 bits per heavy atom. The van der Waals surface area contributed by atoms with Crippen LogP contribution < -0.4 is 10.6 Å². The second-order valence-corrected chi connectivity index (χ2v) is 5.13. The minimum Gasteiger partial charge on any atom is -0.375 e. The number of carbonyl (C=O) groups excluding carboxylic acids is 1. The van der Waals surface area contributed by atoms with E-state index in [9.17, 15) is 4.79 Å². The fourth-order valence-electron chi connectivity index (χ4n) is 2.80.